The number of aryl methyl sites for hydroxylation is 1. The van der Waals surface area contributed by atoms with Gasteiger partial charge >= 0.3 is 0 Å². The molecule has 140 valence electrons. The zero-order valence-electron chi connectivity index (χ0n) is 15.6. The zero-order valence-corrected chi connectivity index (χ0v) is 16.4. The summed E-state index contributed by atoms with van der Waals surface area (Å²) in [5.74, 6) is -0.171. The molecule has 0 unspecified atom stereocenters. The molecule has 7 heteroatoms. The third-order valence-electron chi connectivity index (χ3n) is 4.04. The minimum Gasteiger partial charge on any atom is -0.351 e. The predicted molar refractivity (Wildman–Crippen MR) is 104 cm³/mol. The van der Waals surface area contributed by atoms with Crippen LogP contribution in [0.2, 0.25) is 0 Å². The van der Waals surface area contributed by atoms with Crippen LogP contribution in [-0.4, -0.2) is 53.5 Å². The first-order valence-electron chi connectivity index (χ1n) is 8.31. The maximum Gasteiger partial charge on any atom is 0.264 e. The fraction of sp³-hybridized carbons (Fsp3) is 0.316. The van der Waals surface area contributed by atoms with E-state index in [0.29, 0.717) is 23.4 Å². The molecule has 0 heterocycles. The summed E-state index contributed by atoms with van der Waals surface area (Å²) in [5, 5.41) is 2.85. The highest BCUT2D eigenvalue weighted by atomic mass is 32.2. The molecule has 0 aliphatic rings. The van der Waals surface area contributed by atoms with Crippen molar-refractivity contribution in [1.82, 2.24) is 10.2 Å². The van der Waals surface area contributed by atoms with Crippen LogP contribution in [0.1, 0.15) is 15.9 Å². The van der Waals surface area contributed by atoms with Crippen molar-refractivity contribution >= 4 is 21.6 Å². The summed E-state index contributed by atoms with van der Waals surface area (Å²) in [4.78, 5) is 14.4. The normalized spacial score (nSPS) is 11.4. The van der Waals surface area contributed by atoms with E-state index in [1.807, 2.05) is 19.0 Å². The SMILES string of the molecule is Cc1cc(C(=O)NCCN(C)C)ccc1N(C)S(=O)(=O)c1ccccc1. The minimum absolute atomic E-state index is 0.171. The quantitative estimate of drug-likeness (QED) is 0.805. The van der Waals surface area contributed by atoms with E-state index in [0.717, 1.165) is 6.54 Å². The fourth-order valence-electron chi connectivity index (χ4n) is 2.53. The van der Waals surface area contributed by atoms with Crippen LogP contribution >= 0.6 is 0 Å². The maximum absolute atomic E-state index is 12.8. The van der Waals surface area contributed by atoms with E-state index in [1.165, 1.54) is 11.4 Å². The summed E-state index contributed by atoms with van der Waals surface area (Å²) in [6.45, 7) is 3.10. The number of benzene rings is 2. The van der Waals surface area contributed by atoms with Crippen LogP contribution in [0.3, 0.4) is 0 Å². The van der Waals surface area contributed by atoms with Gasteiger partial charge < -0.3 is 10.2 Å². The molecule has 0 spiro atoms. The molecule has 0 bridgehead atoms. The third-order valence-corrected chi connectivity index (χ3v) is 5.83. The number of carbonyl (C=O) groups is 1. The van der Waals surface area contributed by atoms with Gasteiger partial charge in [0.15, 0.2) is 0 Å². The summed E-state index contributed by atoms with van der Waals surface area (Å²) < 4.78 is 26.7. The summed E-state index contributed by atoms with van der Waals surface area (Å²) in [6, 6.07) is 13.3. The number of hydrogen-bond acceptors (Lipinski definition) is 4. The number of rotatable bonds is 7. The zero-order chi connectivity index (χ0) is 19.3. The van der Waals surface area contributed by atoms with Gasteiger partial charge in [-0.25, -0.2) is 8.42 Å². The van der Waals surface area contributed by atoms with Crippen molar-refractivity contribution < 1.29 is 13.2 Å². The van der Waals surface area contributed by atoms with Gasteiger partial charge in [0.1, 0.15) is 0 Å². The number of likely N-dealkylation sites (N-methyl/N-ethyl adjacent to an activating group) is 1. The first-order valence-corrected chi connectivity index (χ1v) is 9.75. The van der Waals surface area contributed by atoms with Crippen molar-refractivity contribution in [3.8, 4) is 0 Å². The van der Waals surface area contributed by atoms with Crippen LogP contribution < -0.4 is 9.62 Å². The summed E-state index contributed by atoms with van der Waals surface area (Å²) in [6.07, 6.45) is 0. The largest absolute Gasteiger partial charge is 0.351 e. The van der Waals surface area contributed by atoms with Gasteiger partial charge in [-0.05, 0) is 56.9 Å². The van der Waals surface area contributed by atoms with Crippen LogP contribution in [0.25, 0.3) is 0 Å². The van der Waals surface area contributed by atoms with Gasteiger partial charge in [0.25, 0.3) is 15.9 Å². The van der Waals surface area contributed by atoms with Gasteiger partial charge in [0, 0.05) is 25.7 Å². The van der Waals surface area contributed by atoms with Crippen molar-refractivity contribution in [2.45, 2.75) is 11.8 Å². The molecular formula is C19H25N3O3S. The molecule has 0 atom stereocenters. The molecule has 6 nitrogen and oxygen atoms in total. The Hall–Kier alpha value is -2.38. The van der Waals surface area contributed by atoms with Crippen LogP contribution in [0, 0.1) is 6.92 Å². The van der Waals surface area contributed by atoms with Crippen molar-refractivity contribution in [2.75, 3.05) is 38.5 Å². The second kappa shape index (κ2) is 8.33. The van der Waals surface area contributed by atoms with Crippen LogP contribution in [0.4, 0.5) is 5.69 Å². The van der Waals surface area contributed by atoms with E-state index in [1.54, 1.807) is 55.5 Å². The minimum atomic E-state index is -3.64. The summed E-state index contributed by atoms with van der Waals surface area (Å²) in [7, 11) is 1.75. The molecule has 0 saturated heterocycles. The molecule has 0 radical (unpaired) electrons. The Morgan fingerprint density at radius 2 is 1.69 bits per heavy atom. The van der Waals surface area contributed by atoms with Gasteiger partial charge in [-0.3, -0.25) is 9.10 Å². The Morgan fingerprint density at radius 1 is 1.04 bits per heavy atom. The van der Waals surface area contributed by atoms with Gasteiger partial charge in [-0.1, -0.05) is 18.2 Å². The second-order valence-corrected chi connectivity index (χ2v) is 8.32. The van der Waals surface area contributed by atoms with E-state index < -0.39 is 10.0 Å². The molecule has 0 saturated carbocycles. The highest BCUT2D eigenvalue weighted by Crippen LogP contribution is 2.26. The Kier molecular flexibility index (Phi) is 6.39. The number of amides is 1. The van der Waals surface area contributed by atoms with Crippen LogP contribution in [-0.2, 0) is 10.0 Å². The lowest BCUT2D eigenvalue weighted by Crippen LogP contribution is -2.31. The van der Waals surface area contributed by atoms with Crippen molar-refractivity contribution in [1.29, 1.82) is 0 Å². The number of sulfonamides is 1. The number of nitrogens with one attached hydrogen (secondary N) is 1. The van der Waals surface area contributed by atoms with Gasteiger partial charge in [0.05, 0.1) is 10.6 Å². The topological polar surface area (TPSA) is 69.7 Å². The smallest absolute Gasteiger partial charge is 0.264 e. The average molecular weight is 375 g/mol. The van der Waals surface area contributed by atoms with Gasteiger partial charge in [-0.2, -0.15) is 0 Å². The van der Waals surface area contributed by atoms with Gasteiger partial charge in [0.2, 0.25) is 0 Å². The first-order chi connectivity index (χ1) is 12.2. The third kappa shape index (κ3) is 4.62. The molecule has 1 N–H and O–H groups in total. The van der Waals surface area contributed by atoms with E-state index in [-0.39, 0.29) is 10.8 Å². The number of hydrogen-bond donors (Lipinski definition) is 1. The molecule has 0 aliphatic carbocycles. The Labute approximate surface area is 155 Å². The Morgan fingerprint density at radius 3 is 2.27 bits per heavy atom. The Balaban J connectivity index is 2.20. The molecule has 2 rings (SSSR count). The van der Waals surface area contributed by atoms with Crippen molar-refractivity contribution in [3.05, 3.63) is 59.7 Å². The lowest BCUT2D eigenvalue weighted by molar-refractivity contribution is 0.0951. The summed E-state index contributed by atoms with van der Waals surface area (Å²) in [5.41, 5.74) is 1.77. The van der Waals surface area contributed by atoms with Crippen molar-refractivity contribution in [3.63, 3.8) is 0 Å². The van der Waals surface area contributed by atoms with E-state index in [2.05, 4.69) is 5.32 Å². The molecule has 1 amide bonds. The highest BCUT2D eigenvalue weighted by molar-refractivity contribution is 7.92. The van der Waals surface area contributed by atoms with E-state index >= 15 is 0 Å². The molecule has 2 aromatic rings. The molecule has 0 aliphatic heterocycles. The molecular weight excluding hydrogens is 350 g/mol. The lowest BCUT2D eigenvalue weighted by Gasteiger charge is -2.22. The van der Waals surface area contributed by atoms with Crippen molar-refractivity contribution in [2.24, 2.45) is 0 Å². The van der Waals surface area contributed by atoms with E-state index in [4.69, 9.17) is 0 Å². The Bertz CT molecular complexity index is 865. The highest BCUT2D eigenvalue weighted by Gasteiger charge is 2.22. The predicted octanol–water partition coefficient (Wildman–Crippen LogP) is 2.11. The molecule has 26 heavy (non-hydrogen) atoms. The van der Waals surface area contributed by atoms with E-state index in [9.17, 15) is 13.2 Å². The number of carbonyl (C=O) groups excluding carboxylic acids is 1. The lowest BCUT2D eigenvalue weighted by atomic mass is 10.1. The van der Waals surface area contributed by atoms with Crippen LogP contribution in [0.5, 0.6) is 0 Å². The average Bonchev–Trinajstić information content (AvgIpc) is 2.61. The first kappa shape index (κ1) is 19.9. The summed E-state index contributed by atoms with van der Waals surface area (Å²) >= 11 is 0. The molecule has 0 fully saturated rings. The van der Waals surface area contributed by atoms with Crippen LogP contribution in [0.15, 0.2) is 53.4 Å². The van der Waals surface area contributed by atoms with Gasteiger partial charge in [-0.15, -0.1) is 0 Å². The fourth-order valence-corrected chi connectivity index (χ4v) is 3.81. The monoisotopic (exact) mass is 375 g/mol. The number of anilines is 1. The number of nitrogens with zero attached hydrogens (tertiary/aromatic N) is 2. The second-order valence-electron chi connectivity index (χ2n) is 6.35. The maximum atomic E-state index is 12.8. The standard InChI is InChI=1S/C19H25N3O3S/c1-15-14-16(19(23)20-12-13-21(2)3)10-11-18(15)22(4)26(24,25)17-8-6-5-7-9-17/h5-11,14H,12-13H2,1-4H3,(H,20,23). The molecule has 0 aromatic heterocycles. The molecule has 2 aromatic carbocycles.